The number of fused-ring (bicyclic) bond motifs is 1. The fourth-order valence-corrected chi connectivity index (χ4v) is 4.32. The van der Waals surface area contributed by atoms with Crippen molar-refractivity contribution >= 4 is 45.1 Å². The summed E-state index contributed by atoms with van der Waals surface area (Å²) in [5, 5.41) is 16.9. The summed E-state index contributed by atoms with van der Waals surface area (Å²) in [4.78, 5) is 11.9. The summed E-state index contributed by atoms with van der Waals surface area (Å²) in [6, 6.07) is 6.01. The lowest BCUT2D eigenvalue weighted by Crippen LogP contribution is -2.37. The maximum atomic E-state index is 13.8. The number of nitriles is 1. The zero-order valence-electron chi connectivity index (χ0n) is 21.5. The van der Waals surface area contributed by atoms with E-state index >= 15 is 0 Å². The van der Waals surface area contributed by atoms with Gasteiger partial charge in [-0.2, -0.15) is 15.2 Å². The summed E-state index contributed by atoms with van der Waals surface area (Å²) in [7, 11) is 0. The summed E-state index contributed by atoms with van der Waals surface area (Å²) in [5.74, 6) is -1.84. The Balaban J connectivity index is 1.49. The molecule has 4 aromatic rings. The quantitative estimate of drug-likeness (QED) is 0.127. The highest BCUT2D eigenvalue weighted by atomic mass is 35.5. The van der Waals surface area contributed by atoms with E-state index in [1.165, 1.54) is 12.5 Å². The van der Waals surface area contributed by atoms with Crippen LogP contribution in [0.1, 0.15) is 18.4 Å². The van der Waals surface area contributed by atoms with Crippen LogP contribution in [-0.2, 0) is 0 Å². The molecule has 0 spiro atoms. The molecular weight excluding hydrogens is 552 g/mol. The maximum absolute atomic E-state index is 13.8. The molecule has 0 fully saturated rings. The molecule has 1 aliphatic heterocycles. The van der Waals surface area contributed by atoms with Gasteiger partial charge in [-0.3, -0.25) is 4.98 Å². The van der Waals surface area contributed by atoms with Crippen LogP contribution in [0.4, 0.5) is 25.8 Å². The van der Waals surface area contributed by atoms with Crippen LogP contribution in [0.15, 0.2) is 89.7 Å². The molecule has 41 heavy (non-hydrogen) atoms. The Kier molecular flexibility index (Phi) is 7.91. The number of benzene rings is 1. The summed E-state index contributed by atoms with van der Waals surface area (Å²) in [5.41, 5.74) is 12.6. The van der Waals surface area contributed by atoms with Crippen molar-refractivity contribution in [3.05, 3.63) is 114 Å². The predicted molar refractivity (Wildman–Crippen MR) is 152 cm³/mol. The molecule has 1 atom stereocenters. The summed E-state index contributed by atoms with van der Waals surface area (Å²) in [6.07, 6.45) is 12.8. The zero-order chi connectivity index (χ0) is 28.9. The minimum Gasteiger partial charge on any atom is -0.445 e. The van der Waals surface area contributed by atoms with Gasteiger partial charge in [0.25, 0.3) is 0 Å². The van der Waals surface area contributed by atoms with Crippen molar-refractivity contribution < 1.29 is 13.2 Å². The number of aromatic nitrogens is 3. The molecule has 0 saturated carbocycles. The largest absolute Gasteiger partial charge is 0.445 e. The molecule has 13 heteroatoms. The lowest BCUT2D eigenvalue weighted by molar-refractivity contribution is 0.480. The Labute approximate surface area is 238 Å². The van der Waals surface area contributed by atoms with Crippen LogP contribution < -0.4 is 27.0 Å². The van der Waals surface area contributed by atoms with E-state index in [9.17, 15) is 14.0 Å². The van der Waals surface area contributed by atoms with E-state index < -0.39 is 17.8 Å². The predicted octanol–water partition coefficient (Wildman–Crippen LogP) is 5.61. The Morgan fingerprint density at radius 3 is 2.76 bits per heavy atom. The van der Waals surface area contributed by atoms with Crippen molar-refractivity contribution in [2.24, 2.45) is 0 Å². The molecule has 1 aliphatic rings. The number of hydrazine groups is 2. The third-order valence-electron chi connectivity index (χ3n) is 6.04. The monoisotopic (exact) mass is 573 g/mol. The summed E-state index contributed by atoms with van der Waals surface area (Å²) < 4.78 is 32.6. The number of anilines is 3. The number of nitrogens with zero attached hydrogens (tertiary/aromatic N) is 4. The van der Waals surface area contributed by atoms with Crippen molar-refractivity contribution in [3.63, 3.8) is 0 Å². The normalized spacial score (nSPS) is 13.8. The van der Waals surface area contributed by atoms with Crippen LogP contribution in [-0.4, -0.2) is 21.0 Å². The van der Waals surface area contributed by atoms with Crippen LogP contribution in [0.25, 0.3) is 16.5 Å². The number of hydrogen-bond acceptors (Lipinski definition) is 10. The average molecular weight is 574 g/mol. The van der Waals surface area contributed by atoms with Gasteiger partial charge in [0.2, 0.25) is 11.8 Å². The van der Waals surface area contributed by atoms with E-state index in [1.54, 1.807) is 24.5 Å². The van der Waals surface area contributed by atoms with Gasteiger partial charge in [-0.15, -0.1) is 0 Å². The number of oxazole rings is 1. The molecular formula is C28H22ClF2N9O. The third-order valence-corrected chi connectivity index (χ3v) is 6.32. The number of nitrogens with one attached hydrogen (secondary N) is 5. The van der Waals surface area contributed by atoms with Gasteiger partial charge in [-0.1, -0.05) is 36.4 Å². The molecule has 0 saturated heterocycles. The lowest BCUT2D eigenvalue weighted by atomic mass is 10.0. The molecule has 1 aromatic carbocycles. The first kappa shape index (κ1) is 27.3. The summed E-state index contributed by atoms with van der Waals surface area (Å²) in [6.45, 7) is 6.11. The molecule has 0 amide bonds. The number of allylic oxidation sites excluding steroid dienone is 3. The molecule has 206 valence electrons. The van der Waals surface area contributed by atoms with Crippen molar-refractivity contribution in [2.75, 3.05) is 10.6 Å². The highest BCUT2D eigenvalue weighted by Crippen LogP contribution is 2.35. The van der Waals surface area contributed by atoms with Gasteiger partial charge in [0.15, 0.2) is 5.82 Å². The van der Waals surface area contributed by atoms with Gasteiger partial charge >= 0.3 is 0 Å². The Morgan fingerprint density at radius 1 is 1.20 bits per heavy atom. The highest BCUT2D eigenvalue weighted by Gasteiger charge is 2.21. The van der Waals surface area contributed by atoms with Gasteiger partial charge < -0.3 is 25.9 Å². The number of rotatable bonds is 9. The van der Waals surface area contributed by atoms with Crippen molar-refractivity contribution in [1.29, 1.82) is 5.26 Å². The smallest absolute Gasteiger partial charge is 0.249 e. The molecule has 5 N–H and O–H groups in total. The van der Waals surface area contributed by atoms with Crippen LogP contribution in [0.5, 0.6) is 0 Å². The van der Waals surface area contributed by atoms with Crippen molar-refractivity contribution in [3.8, 4) is 6.07 Å². The second kappa shape index (κ2) is 11.9. The van der Waals surface area contributed by atoms with Crippen LogP contribution in [0, 0.1) is 23.1 Å². The molecule has 10 nitrogen and oxygen atoms in total. The molecule has 0 radical (unpaired) electrons. The van der Waals surface area contributed by atoms with Crippen LogP contribution in [0.2, 0.25) is 5.02 Å². The second-order valence-corrected chi connectivity index (χ2v) is 9.23. The van der Waals surface area contributed by atoms with E-state index in [4.69, 9.17) is 16.0 Å². The first-order valence-corrected chi connectivity index (χ1v) is 12.5. The first-order chi connectivity index (χ1) is 19.8. The van der Waals surface area contributed by atoms with Gasteiger partial charge in [-0.25, -0.2) is 14.4 Å². The minimum atomic E-state index is -1.23. The first-order valence-electron chi connectivity index (χ1n) is 12.1. The van der Waals surface area contributed by atoms with Crippen LogP contribution >= 0.6 is 11.6 Å². The molecule has 5 rings (SSSR count). The number of pyridine rings is 2. The van der Waals surface area contributed by atoms with E-state index in [2.05, 4.69) is 54.6 Å². The fraction of sp³-hybridized carbons (Fsp3) is 0.0714. The standard InChI is InChI=1S/C28H22ClF2N9O/c1-15(4-3-5-16(2)28-33-6-7-41-28)24(23-14-36-40-39-23)37-18-8-20-25(38-19-10-22(30)27(31)35-13-19)17(11-32)12-34-26(20)21(29)9-18/h3-10,12-14,24,36-37,39-40H,1H2,2H3,(H,34,38)/b4-3-,16-5+/t24-/m0/s1. The van der Waals surface area contributed by atoms with E-state index in [0.29, 0.717) is 38.8 Å². The van der Waals surface area contributed by atoms with Gasteiger partial charge in [0.05, 0.1) is 51.6 Å². The molecule has 0 bridgehead atoms. The van der Waals surface area contributed by atoms with Gasteiger partial charge in [-0.05, 0) is 24.6 Å². The van der Waals surface area contributed by atoms with Gasteiger partial charge in [0, 0.05) is 35.1 Å². The maximum Gasteiger partial charge on any atom is 0.249 e. The Morgan fingerprint density at radius 2 is 2.05 bits per heavy atom. The second-order valence-electron chi connectivity index (χ2n) is 8.83. The number of hydrogen-bond donors (Lipinski definition) is 5. The molecule has 0 aliphatic carbocycles. The minimum absolute atomic E-state index is 0.143. The van der Waals surface area contributed by atoms with E-state index in [0.717, 1.165) is 23.5 Å². The topological polar surface area (TPSA) is 136 Å². The highest BCUT2D eigenvalue weighted by molar-refractivity contribution is 6.36. The van der Waals surface area contributed by atoms with Crippen molar-refractivity contribution in [2.45, 2.75) is 13.0 Å². The lowest BCUT2D eigenvalue weighted by Gasteiger charge is -2.22. The Bertz CT molecular complexity index is 1760. The van der Waals surface area contributed by atoms with E-state index in [-0.39, 0.29) is 11.3 Å². The average Bonchev–Trinajstić information content (AvgIpc) is 3.69. The molecule has 4 heterocycles. The van der Waals surface area contributed by atoms with E-state index in [1.807, 2.05) is 25.2 Å². The summed E-state index contributed by atoms with van der Waals surface area (Å²) >= 11 is 6.62. The number of halogens is 3. The van der Waals surface area contributed by atoms with Gasteiger partial charge in [0.1, 0.15) is 12.3 Å². The SMILES string of the molecule is C=C(/C=C\C=C(/C)c1ncco1)[C@H](Nc1cc(Cl)c2ncc(C#N)c(Nc3cnc(F)c(F)c3)c2c1)C1=CNNN1. The third kappa shape index (κ3) is 6.01. The zero-order valence-corrected chi connectivity index (χ0v) is 22.2. The fourth-order valence-electron chi connectivity index (χ4n) is 4.05. The van der Waals surface area contributed by atoms with Crippen molar-refractivity contribution in [1.82, 2.24) is 31.3 Å². The molecule has 0 unspecified atom stereocenters. The Hall–Kier alpha value is -5.25. The molecule has 3 aromatic heterocycles. The van der Waals surface area contributed by atoms with Crippen LogP contribution in [0.3, 0.4) is 0 Å².